The van der Waals surface area contributed by atoms with Gasteiger partial charge < -0.3 is 15.4 Å². The van der Waals surface area contributed by atoms with E-state index in [-0.39, 0.29) is 0 Å². The van der Waals surface area contributed by atoms with Crippen LogP contribution in [0.4, 0.5) is 11.9 Å². The van der Waals surface area contributed by atoms with E-state index in [1.54, 1.807) is 7.05 Å². The van der Waals surface area contributed by atoms with E-state index >= 15 is 0 Å². The zero-order chi connectivity index (χ0) is 12.7. The summed E-state index contributed by atoms with van der Waals surface area (Å²) in [6.07, 6.45) is 1.93. The lowest BCUT2D eigenvalue weighted by atomic mass is 10.3. The molecule has 2 N–H and O–H groups in total. The summed E-state index contributed by atoms with van der Waals surface area (Å²) in [4.78, 5) is 12.6. The summed E-state index contributed by atoms with van der Waals surface area (Å²) in [5, 5.41) is 6.09. The van der Waals surface area contributed by atoms with Crippen LogP contribution in [0.3, 0.4) is 0 Å². The van der Waals surface area contributed by atoms with E-state index in [2.05, 4.69) is 39.4 Å². The topological polar surface area (TPSA) is 72.0 Å². The number of nitrogens with one attached hydrogen (secondary N) is 2. The van der Waals surface area contributed by atoms with Crippen molar-refractivity contribution >= 4 is 11.9 Å². The van der Waals surface area contributed by atoms with Gasteiger partial charge in [0.25, 0.3) is 0 Å². The Balaban J connectivity index is 2.80. The summed E-state index contributed by atoms with van der Waals surface area (Å²) in [6.45, 7) is 6.83. The van der Waals surface area contributed by atoms with E-state index in [9.17, 15) is 0 Å². The minimum atomic E-state index is 0.320. The van der Waals surface area contributed by atoms with Crippen LogP contribution in [-0.2, 0) is 0 Å². The Hall–Kier alpha value is -1.59. The van der Waals surface area contributed by atoms with Gasteiger partial charge in [0.2, 0.25) is 11.9 Å². The minimum Gasteiger partial charge on any atom is -0.463 e. The Morgan fingerprint density at radius 1 is 1.18 bits per heavy atom. The summed E-state index contributed by atoms with van der Waals surface area (Å²) in [7, 11) is 1.77. The Labute approximate surface area is 102 Å². The highest BCUT2D eigenvalue weighted by Gasteiger charge is 2.08. The molecule has 1 unspecified atom stereocenters. The summed E-state index contributed by atoms with van der Waals surface area (Å²) in [6, 6.07) is 0.679. The quantitative estimate of drug-likeness (QED) is 0.757. The number of hydrogen-bond acceptors (Lipinski definition) is 6. The fourth-order valence-corrected chi connectivity index (χ4v) is 1.11. The molecule has 1 aromatic rings. The van der Waals surface area contributed by atoms with Crippen molar-refractivity contribution in [3.8, 4) is 6.01 Å². The van der Waals surface area contributed by atoms with Crippen molar-refractivity contribution in [2.45, 2.75) is 39.7 Å². The van der Waals surface area contributed by atoms with Crippen molar-refractivity contribution in [3.05, 3.63) is 0 Å². The second-order valence-electron chi connectivity index (χ2n) is 3.82. The molecule has 1 heterocycles. The van der Waals surface area contributed by atoms with Crippen molar-refractivity contribution in [1.82, 2.24) is 15.0 Å². The highest BCUT2D eigenvalue weighted by molar-refractivity contribution is 5.35. The molecule has 1 atom stereocenters. The van der Waals surface area contributed by atoms with Crippen LogP contribution in [0.25, 0.3) is 0 Å². The molecule has 0 saturated heterocycles. The van der Waals surface area contributed by atoms with Crippen LogP contribution < -0.4 is 15.4 Å². The third kappa shape index (κ3) is 4.42. The number of aromatic nitrogens is 3. The van der Waals surface area contributed by atoms with Gasteiger partial charge in [-0.2, -0.15) is 15.0 Å². The van der Waals surface area contributed by atoms with Crippen LogP contribution in [-0.4, -0.2) is 34.6 Å². The predicted octanol–water partition coefficient (Wildman–Crippen LogP) is 1.91. The molecule has 0 aliphatic rings. The van der Waals surface area contributed by atoms with E-state index in [0.717, 1.165) is 12.8 Å². The average Bonchev–Trinajstić information content (AvgIpc) is 2.35. The smallest absolute Gasteiger partial charge is 0.323 e. The monoisotopic (exact) mass is 239 g/mol. The second kappa shape index (κ2) is 6.88. The fraction of sp³-hybridized carbons (Fsp3) is 0.727. The van der Waals surface area contributed by atoms with Gasteiger partial charge in [-0.25, -0.2) is 0 Å². The lowest BCUT2D eigenvalue weighted by Gasteiger charge is -2.12. The largest absolute Gasteiger partial charge is 0.463 e. The standard InChI is InChI=1S/C11H21N5O/c1-5-7-17-11-15-9(12-4)14-10(16-11)13-8(3)6-2/h8H,5-7H2,1-4H3,(H2,12,13,14,15,16). The van der Waals surface area contributed by atoms with E-state index in [1.165, 1.54) is 0 Å². The summed E-state index contributed by atoms with van der Waals surface area (Å²) < 4.78 is 5.41. The zero-order valence-corrected chi connectivity index (χ0v) is 10.9. The molecule has 96 valence electrons. The van der Waals surface area contributed by atoms with Gasteiger partial charge in [0.1, 0.15) is 0 Å². The van der Waals surface area contributed by atoms with Crippen LogP contribution in [0.1, 0.15) is 33.6 Å². The van der Waals surface area contributed by atoms with Gasteiger partial charge in [-0.1, -0.05) is 13.8 Å². The van der Waals surface area contributed by atoms with Gasteiger partial charge >= 0.3 is 6.01 Å². The normalized spacial score (nSPS) is 12.0. The maximum atomic E-state index is 5.41. The summed E-state index contributed by atoms with van der Waals surface area (Å²) in [5.41, 5.74) is 0. The Bertz CT molecular complexity index is 345. The molecule has 0 fully saturated rings. The molecule has 0 aliphatic carbocycles. The van der Waals surface area contributed by atoms with Crippen LogP contribution in [0.5, 0.6) is 6.01 Å². The first-order valence-electron chi connectivity index (χ1n) is 6.02. The van der Waals surface area contributed by atoms with E-state index in [0.29, 0.717) is 30.6 Å². The molecular weight excluding hydrogens is 218 g/mol. The number of anilines is 2. The van der Waals surface area contributed by atoms with Crippen molar-refractivity contribution in [2.75, 3.05) is 24.3 Å². The first-order valence-corrected chi connectivity index (χ1v) is 6.02. The van der Waals surface area contributed by atoms with E-state index < -0.39 is 0 Å². The molecule has 1 rings (SSSR count). The van der Waals surface area contributed by atoms with Crippen molar-refractivity contribution in [2.24, 2.45) is 0 Å². The van der Waals surface area contributed by atoms with Gasteiger partial charge in [0.05, 0.1) is 6.61 Å². The first-order chi connectivity index (χ1) is 8.19. The highest BCUT2D eigenvalue weighted by atomic mass is 16.5. The lowest BCUT2D eigenvalue weighted by molar-refractivity contribution is 0.292. The van der Waals surface area contributed by atoms with Crippen LogP contribution >= 0.6 is 0 Å². The molecule has 0 bridgehead atoms. The summed E-state index contributed by atoms with van der Waals surface area (Å²) >= 11 is 0. The molecular formula is C11H21N5O. The Morgan fingerprint density at radius 2 is 1.88 bits per heavy atom. The number of rotatable bonds is 7. The van der Waals surface area contributed by atoms with Crippen LogP contribution in [0, 0.1) is 0 Å². The molecule has 0 aromatic carbocycles. The Morgan fingerprint density at radius 3 is 2.47 bits per heavy atom. The molecule has 0 radical (unpaired) electrons. The van der Waals surface area contributed by atoms with Crippen molar-refractivity contribution < 1.29 is 4.74 Å². The van der Waals surface area contributed by atoms with Gasteiger partial charge in [-0.05, 0) is 19.8 Å². The molecule has 0 aliphatic heterocycles. The lowest BCUT2D eigenvalue weighted by Crippen LogP contribution is -2.17. The summed E-state index contributed by atoms with van der Waals surface area (Å²) in [5.74, 6) is 1.06. The van der Waals surface area contributed by atoms with Crippen molar-refractivity contribution in [3.63, 3.8) is 0 Å². The average molecular weight is 239 g/mol. The molecule has 6 nitrogen and oxygen atoms in total. The second-order valence-corrected chi connectivity index (χ2v) is 3.82. The third-order valence-electron chi connectivity index (χ3n) is 2.26. The molecule has 17 heavy (non-hydrogen) atoms. The first kappa shape index (κ1) is 13.5. The van der Waals surface area contributed by atoms with Gasteiger partial charge in [-0.15, -0.1) is 0 Å². The van der Waals surface area contributed by atoms with Crippen LogP contribution in [0.15, 0.2) is 0 Å². The van der Waals surface area contributed by atoms with Crippen LogP contribution in [0.2, 0.25) is 0 Å². The third-order valence-corrected chi connectivity index (χ3v) is 2.26. The molecule has 0 saturated carbocycles. The maximum Gasteiger partial charge on any atom is 0.323 e. The zero-order valence-electron chi connectivity index (χ0n) is 10.9. The van der Waals surface area contributed by atoms with E-state index in [4.69, 9.17) is 4.74 Å². The minimum absolute atomic E-state index is 0.320. The Kier molecular flexibility index (Phi) is 5.45. The van der Waals surface area contributed by atoms with E-state index in [1.807, 2.05) is 6.92 Å². The fourth-order valence-electron chi connectivity index (χ4n) is 1.11. The van der Waals surface area contributed by atoms with Crippen molar-refractivity contribution in [1.29, 1.82) is 0 Å². The predicted molar refractivity (Wildman–Crippen MR) is 68.5 cm³/mol. The maximum absolute atomic E-state index is 5.41. The number of hydrogen-bond donors (Lipinski definition) is 2. The SMILES string of the molecule is CCCOc1nc(NC)nc(NC(C)CC)n1. The highest BCUT2D eigenvalue weighted by Crippen LogP contribution is 2.12. The number of ether oxygens (including phenoxy) is 1. The van der Waals surface area contributed by atoms with Gasteiger partial charge in [0, 0.05) is 13.1 Å². The molecule has 1 aromatic heterocycles. The molecule has 6 heteroatoms. The number of nitrogens with zero attached hydrogens (tertiary/aromatic N) is 3. The van der Waals surface area contributed by atoms with Gasteiger partial charge in [-0.3, -0.25) is 0 Å². The van der Waals surface area contributed by atoms with Gasteiger partial charge in [0.15, 0.2) is 0 Å². The molecule has 0 amide bonds. The molecule has 0 spiro atoms.